The van der Waals surface area contributed by atoms with Crippen molar-refractivity contribution >= 4 is 29.0 Å². The average Bonchev–Trinajstić information content (AvgIpc) is 3.18. The Labute approximate surface area is 149 Å². The summed E-state index contributed by atoms with van der Waals surface area (Å²) in [5.74, 6) is -0.101. The highest BCUT2D eigenvalue weighted by Gasteiger charge is 2.22. The van der Waals surface area contributed by atoms with Gasteiger partial charge in [0.05, 0.1) is 4.88 Å². The summed E-state index contributed by atoms with van der Waals surface area (Å²) in [5, 5.41) is 7.40. The minimum Gasteiger partial charge on any atom is -0.339 e. The number of hydrogen-bond acceptors (Lipinski definition) is 4. The molecule has 3 rings (SSSR count). The maximum absolute atomic E-state index is 12.7. The van der Waals surface area contributed by atoms with E-state index < -0.39 is 6.04 Å². The number of pyridine rings is 1. The van der Waals surface area contributed by atoms with Gasteiger partial charge >= 0.3 is 0 Å². The van der Waals surface area contributed by atoms with E-state index in [0.29, 0.717) is 17.1 Å². The van der Waals surface area contributed by atoms with Crippen LogP contribution in [0.5, 0.6) is 0 Å². The van der Waals surface area contributed by atoms with Gasteiger partial charge in [0.25, 0.3) is 5.91 Å². The minimum atomic E-state index is -0.695. The van der Waals surface area contributed by atoms with Gasteiger partial charge in [-0.05, 0) is 29.1 Å². The monoisotopic (exact) mass is 351 g/mol. The number of nitrogens with one attached hydrogen (secondary N) is 2. The number of aromatic nitrogens is 1. The first kappa shape index (κ1) is 16.9. The van der Waals surface area contributed by atoms with Gasteiger partial charge in [0.2, 0.25) is 5.91 Å². The Kier molecular flexibility index (Phi) is 5.53. The summed E-state index contributed by atoms with van der Waals surface area (Å²) in [7, 11) is 0. The van der Waals surface area contributed by atoms with Crippen LogP contribution in [0.2, 0.25) is 0 Å². The molecule has 2 aromatic heterocycles. The van der Waals surface area contributed by atoms with Gasteiger partial charge < -0.3 is 10.6 Å². The lowest BCUT2D eigenvalue weighted by molar-refractivity contribution is -0.118. The van der Waals surface area contributed by atoms with Crippen LogP contribution in [0.15, 0.2) is 72.2 Å². The third-order valence-corrected chi connectivity index (χ3v) is 4.43. The Hall–Kier alpha value is -2.99. The molecule has 2 amide bonds. The highest BCUT2D eigenvalue weighted by molar-refractivity contribution is 7.12. The SMILES string of the molecule is O=C(N[C@@H](Cc1ccccc1)C(=O)Nc1ccccn1)c1cccs1. The maximum atomic E-state index is 12.7. The Morgan fingerprint density at radius 2 is 1.80 bits per heavy atom. The number of carbonyl (C=O) groups excluding carboxylic acids is 2. The van der Waals surface area contributed by atoms with E-state index in [1.165, 1.54) is 11.3 Å². The first-order valence-electron chi connectivity index (χ1n) is 7.82. The Morgan fingerprint density at radius 3 is 2.48 bits per heavy atom. The molecule has 0 spiro atoms. The molecule has 0 aliphatic heterocycles. The molecule has 2 N–H and O–H groups in total. The molecule has 0 saturated heterocycles. The summed E-state index contributed by atoms with van der Waals surface area (Å²) < 4.78 is 0. The van der Waals surface area contributed by atoms with Crippen LogP contribution in [0.1, 0.15) is 15.2 Å². The molecule has 0 radical (unpaired) electrons. The van der Waals surface area contributed by atoms with Crippen LogP contribution in [0, 0.1) is 0 Å². The summed E-state index contributed by atoms with van der Waals surface area (Å²) in [6.45, 7) is 0. The molecule has 1 atom stereocenters. The van der Waals surface area contributed by atoms with Crippen molar-refractivity contribution in [3.05, 3.63) is 82.7 Å². The molecule has 3 aromatic rings. The fourth-order valence-electron chi connectivity index (χ4n) is 2.35. The van der Waals surface area contributed by atoms with Gasteiger partial charge in [-0.1, -0.05) is 42.5 Å². The number of carbonyl (C=O) groups is 2. The van der Waals surface area contributed by atoms with Crippen LogP contribution in [-0.4, -0.2) is 22.8 Å². The van der Waals surface area contributed by atoms with Crippen LogP contribution in [0.25, 0.3) is 0 Å². The zero-order chi connectivity index (χ0) is 17.5. The van der Waals surface area contributed by atoms with Gasteiger partial charge in [-0.3, -0.25) is 9.59 Å². The minimum absolute atomic E-state index is 0.257. The predicted octanol–water partition coefficient (Wildman–Crippen LogP) is 3.12. The number of benzene rings is 1. The lowest BCUT2D eigenvalue weighted by atomic mass is 10.1. The van der Waals surface area contributed by atoms with Crippen LogP contribution >= 0.6 is 11.3 Å². The Bertz CT molecular complexity index is 820. The number of nitrogens with zero attached hydrogens (tertiary/aromatic N) is 1. The second-order valence-electron chi connectivity index (χ2n) is 5.40. The second-order valence-corrected chi connectivity index (χ2v) is 6.34. The highest BCUT2D eigenvalue weighted by atomic mass is 32.1. The smallest absolute Gasteiger partial charge is 0.262 e. The molecule has 0 fully saturated rings. The Morgan fingerprint density at radius 1 is 1.00 bits per heavy atom. The van der Waals surface area contributed by atoms with E-state index >= 15 is 0 Å². The quantitative estimate of drug-likeness (QED) is 0.717. The van der Waals surface area contributed by atoms with Crippen molar-refractivity contribution in [1.29, 1.82) is 0 Å². The van der Waals surface area contributed by atoms with Gasteiger partial charge in [0.1, 0.15) is 11.9 Å². The van der Waals surface area contributed by atoms with Crippen molar-refractivity contribution in [1.82, 2.24) is 10.3 Å². The van der Waals surface area contributed by atoms with Gasteiger partial charge in [-0.2, -0.15) is 0 Å². The van der Waals surface area contributed by atoms with E-state index in [4.69, 9.17) is 0 Å². The van der Waals surface area contributed by atoms with E-state index in [2.05, 4.69) is 15.6 Å². The standard InChI is InChI=1S/C19H17N3O2S/c23-18(22-17-10-4-5-11-20-17)15(13-14-7-2-1-3-8-14)21-19(24)16-9-6-12-25-16/h1-12,15H,13H2,(H,21,24)(H,20,22,23)/t15-/m0/s1. The van der Waals surface area contributed by atoms with Gasteiger partial charge in [-0.15, -0.1) is 11.3 Å². The number of hydrogen-bond donors (Lipinski definition) is 2. The highest BCUT2D eigenvalue weighted by Crippen LogP contribution is 2.11. The molecular weight excluding hydrogens is 334 g/mol. The molecule has 5 nitrogen and oxygen atoms in total. The lowest BCUT2D eigenvalue weighted by Crippen LogP contribution is -2.45. The van der Waals surface area contributed by atoms with E-state index in [9.17, 15) is 9.59 Å². The van der Waals surface area contributed by atoms with Gasteiger partial charge in [0.15, 0.2) is 0 Å². The lowest BCUT2D eigenvalue weighted by Gasteiger charge is -2.18. The van der Waals surface area contributed by atoms with E-state index in [1.807, 2.05) is 35.7 Å². The summed E-state index contributed by atoms with van der Waals surface area (Å²) in [4.78, 5) is 29.7. The number of rotatable bonds is 6. The van der Waals surface area contributed by atoms with Crippen LogP contribution in [-0.2, 0) is 11.2 Å². The molecule has 126 valence electrons. The zero-order valence-electron chi connectivity index (χ0n) is 13.4. The first-order chi connectivity index (χ1) is 12.2. The fraction of sp³-hybridized carbons (Fsp3) is 0.105. The third-order valence-electron chi connectivity index (χ3n) is 3.57. The van der Waals surface area contributed by atoms with Crippen molar-refractivity contribution in [3.8, 4) is 0 Å². The van der Waals surface area contributed by atoms with E-state index in [0.717, 1.165) is 5.56 Å². The largest absolute Gasteiger partial charge is 0.339 e. The van der Waals surface area contributed by atoms with Crippen LogP contribution in [0.3, 0.4) is 0 Å². The number of amides is 2. The third kappa shape index (κ3) is 4.74. The predicted molar refractivity (Wildman–Crippen MR) is 98.6 cm³/mol. The van der Waals surface area contributed by atoms with E-state index in [1.54, 1.807) is 36.5 Å². The molecule has 0 aliphatic carbocycles. The summed E-state index contributed by atoms with van der Waals surface area (Å²) in [6, 6.07) is 17.7. The molecule has 0 aliphatic rings. The first-order valence-corrected chi connectivity index (χ1v) is 8.70. The van der Waals surface area contributed by atoms with Gasteiger partial charge in [0, 0.05) is 12.6 Å². The number of anilines is 1. The Balaban J connectivity index is 1.75. The molecule has 25 heavy (non-hydrogen) atoms. The van der Waals surface area contributed by atoms with Crippen molar-refractivity contribution in [2.75, 3.05) is 5.32 Å². The zero-order valence-corrected chi connectivity index (χ0v) is 14.2. The normalized spacial score (nSPS) is 11.5. The van der Waals surface area contributed by atoms with Crippen LogP contribution < -0.4 is 10.6 Å². The van der Waals surface area contributed by atoms with Crippen molar-refractivity contribution in [3.63, 3.8) is 0 Å². The molecule has 0 unspecified atom stereocenters. The van der Waals surface area contributed by atoms with Crippen molar-refractivity contribution < 1.29 is 9.59 Å². The summed E-state index contributed by atoms with van der Waals surface area (Å²) in [6.07, 6.45) is 2.00. The molecule has 2 heterocycles. The summed E-state index contributed by atoms with van der Waals surface area (Å²) >= 11 is 1.34. The second kappa shape index (κ2) is 8.21. The maximum Gasteiger partial charge on any atom is 0.262 e. The molecule has 1 aromatic carbocycles. The topological polar surface area (TPSA) is 71.1 Å². The average molecular weight is 351 g/mol. The van der Waals surface area contributed by atoms with Crippen molar-refractivity contribution in [2.24, 2.45) is 0 Å². The molecular formula is C19H17N3O2S. The molecule has 0 bridgehead atoms. The summed E-state index contributed by atoms with van der Waals surface area (Å²) in [5.41, 5.74) is 0.968. The van der Waals surface area contributed by atoms with Crippen LogP contribution in [0.4, 0.5) is 5.82 Å². The molecule has 6 heteroatoms. The van der Waals surface area contributed by atoms with Gasteiger partial charge in [-0.25, -0.2) is 4.98 Å². The van der Waals surface area contributed by atoms with E-state index in [-0.39, 0.29) is 11.8 Å². The van der Waals surface area contributed by atoms with Crippen molar-refractivity contribution in [2.45, 2.75) is 12.5 Å². The molecule has 0 saturated carbocycles. The number of thiophene rings is 1. The fourth-order valence-corrected chi connectivity index (χ4v) is 2.97.